The molecule has 3 fully saturated rings. The molecule has 8 heteroatoms. The number of hydrogen-bond acceptors (Lipinski definition) is 5. The molecule has 1 amide bonds. The van der Waals surface area contributed by atoms with Crippen LogP contribution in [0.5, 0.6) is 0 Å². The lowest BCUT2D eigenvalue weighted by Gasteiger charge is -2.46. The number of likely N-dealkylation sites (tertiary alicyclic amines) is 2. The van der Waals surface area contributed by atoms with E-state index in [0.717, 1.165) is 45.4 Å². The van der Waals surface area contributed by atoms with Gasteiger partial charge in [-0.15, -0.1) is 0 Å². The molecule has 3 aliphatic heterocycles. The van der Waals surface area contributed by atoms with Gasteiger partial charge in [0.05, 0.1) is 17.8 Å². The van der Waals surface area contributed by atoms with Crippen molar-refractivity contribution in [3.63, 3.8) is 0 Å². The van der Waals surface area contributed by atoms with Crippen LogP contribution in [0.1, 0.15) is 33.1 Å². The number of nitrogens with zero attached hydrogens (tertiary/aromatic N) is 3. The highest BCUT2D eigenvalue weighted by Crippen LogP contribution is 2.57. The molecule has 3 saturated heterocycles. The Kier molecular flexibility index (Phi) is 5.93. The van der Waals surface area contributed by atoms with Gasteiger partial charge in [0, 0.05) is 58.8 Å². The number of fused-ring (bicyclic) bond motifs is 1. The van der Waals surface area contributed by atoms with E-state index >= 15 is 0 Å². The Morgan fingerprint density at radius 2 is 1.78 bits per heavy atom. The second kappa shape index (κ2) is 7.61. The molecule has 0 aromatic carbocycles. The van der Waals surface area contributed by atoms with Crippen LogP contribution in [0.25, 0.3) is 0 Å². The molecule has 0 aliphatic carbocycles. The van der Waals surface area contributed by atoms with Crippen molar-refractivity contribution in [3.8, 4) is 0 Å². The van der Waals surface area contributed by atoms with Gasteiger partial charge < -0.3 is 9.64 Å². The van der Waals surface area contributed by atoms with E-state index in [-0.39, 0.29) is 28.4 Å². The first kappa shape index (κ1) is 21.0. The molecule has 7 nitrogen and oxygen atoms in total. The van der Waals surface area contributed by atoms with E-state index in [1.165, 1.54) is 0 Å². The van der Waals surface area contributed by atoms with Crippen LogP contribution in [0.3, 0.4) is 0 Å². The van der Waals surface area contributed by atoms with Gasteiger partial charge in [-0.25, -0.2) is 12.7 Å². The summed E-state index contributed by atoms with van der Waals surface area (Å²) in [5.41, 5.74) is -0.476. The first-order chi connectivity index (χ1) is 12.7. The third kappa shape index (κ3) is 3.66. The van der Waals surface area contributed by atoms with Crippen molar-refractivity contribution in [2.45, 2.75) is 33.1 Å². The molecule has 0 unspecified atom stereocenters. The maximum atomic E-state index is 13.2. The van der Waals surface area contributed by atoms with Gasteiger partial charge in [-0.1, -0.05) is 13.8 Å². The van der Waals surface area contributed by atoms with Crippen molar-refractivity contribution in [2.24, 2.45) is 16.7 Å². The molecular weight excluding hydrogens is 366 g/mol. The van der Waals surface area contributed by atoms with Gasteiger partial charge in [-0.3, -0.25) is 9.69 Å². The summed E-state index contributed by atoms with van der Waals surface area (Å²) in [5.74, 6) is 0.575. The number of hydrogen-bond donors (Lipinski definition) is 0. The van der Waals surface area contributed by atoms with E-state index in [0.29, 0.717) is 19.7 Å². The summed E-state index contributed by atoms with van der Waals surface area (Å²) in [6.45, 7) is 8.88. The molecule has 0 N–H and O–H groups in total. The maximum absolute atomic E-state index is 13.2. The average Bonchev–Trinajstić information content (AvgIpc) is 3.05. The second-order valence-electron chi connectivity index (χ2n) is 9.11. The molecule has 3 aliphatic rings. The zero-order valence-electron chi connectivity index (χ0n) is 17.2. The number of carbonyl (C=O) groups excluding carboxylic acids is 1. The minimum atomic E-state index is -3.21. The van der Waals surface area contributed by atoms with E-state index in [4.69, 9.17) is 4.74 Å². The van der Waals surface area contributed by atoms with E-state index in [9.17, 15) is 13.2 Å². The van der Waals surface area contributed by atoms with Crippen LogP contribution in [-0.4, -0.2) is 94.2 Å². The average molecular weight is 402 g/mol. The number of methoxy groups -OCH3 is 1. The van der Waals surface area contributed by atoms with Gasteiger partial charge in [0.1, 0.15) is 0 Å². The molecule has 27 heavy (non-hydrogen) atoms. The normalized spacial score (nSPS) is 29.7. The molecule has 0 radical (unpaired) electrons. The highest BCUT2D eigenvalue weighted by molar-refractivity contribution is 7.89. The summed E-state index contributed by atoms with van der Waals surface area (Å²) in [6.07, 6.45) is 2.42. The van der Waals surface area contributed by atoms with Gasteiger partial charge in [0.15, 0.2) is 0 Å². The van der Waals surface area contributed by atoms with Crippen LogP contribution in [0.2, 0.25) is 0 Å². The van der Waals surface area contributed by atoms with E-state index < -0.39 is 10.0 Å². The predicted molar refractivity (Wildman–Crippen MR) is 105 cm³/mol. The Labute approximate surface area is 164 Å². The molecule has 0 aromatic rings. The monoisotopic (exact) mass is 401 g/mol. The van der Waals surface area contributed by atoms with E-state index in [2.05, 4.69) is 4.90 Å². The number of piperidine rings is 1. The Hall–Kier alpha value is -0.700. The lowest BCUT2D eigenvalue weighted by Crippen LogP contribution is -2.53. The maximum Gasteiger partial charge on any atom is 0.230 e. The van der Waals surface area contributed by atoms with Crippen LogP contribution in [-0.2, 0) is 19.6 Å². The van der Waals surface area contributed by atoms with Crippen molar-refractivity contribution in [3.05, 3.63) is 0 Å². The van der Waals surface area contributed by atoms with E-state index in [1.807, 2.05) is 25.8 Å². The third-order valence-corrected chi connectivity index (χ3v) is 9.13. The van der Waals surface area contributed by atoms with Gasteiger partial charge in [-0.05, 0) is 25.2 Å². The molecule has 0 bridgehead atoms. The second-order valence-corrected chi connectivity index (χ2v) is 11.1. The zero-order chi connectivity index (χ0) is 19.9. The summed E-state index contributed by atoms with van der Waals surface area (Å²) in [6, 6.07) is 0. The summed E-state index contributed by atoms with van der Waals surface area (Å²) in [7, 11) is 0.385. The zero-order valence-corrected chi connectivity index (χ0v) is 18.1. The molecule has 3 heterocycles. The molecule has 2 spiro atoms. The third-order valence-electron chi connectivity index (χ3n) is 6.89. The summed E-state index contributed by atoms with van der Waals surface area (Å²) in [5, 5.41) is 0. The first-order valence-corrected chi connectivity index (χ1v) is 11.7. The summed E-state index contributed by atoms with van der Waals surface area (Å²) < 4.78 is 32.2. The molecule has 3 rings (SSSR count). The van der Waals surface area contributed by atoms with Crippen LogP contribution < -0.4 is 0 Å². The van der Waals surface area contributed by atoms with Crippen LogP contribution in [0, 0.1) is 16.7 Å². The van der Waals surface area contributed by atoms with Crippen molar-refractivity contribution >= 4 is 15.9 Å². The lowest BCUT2D eigenvalue weighted by atomic mass is 9.60. The van der Waals surface area contributed by atoms with Gasteiger partial charge >= 0.3 is 0 Å². The van der Waals surface area contributed by atoms with Crippen LogP contribution in [0.15, 0.2) is 0 Å². The molecular formula is C19H35N3O4S. The first-order valence-electron chi connectivity index (χ1n) is 10.1. The molecule has 156 valence electrons. The van der Waals surface area contributed by atoms with Crippen molar-refractivity contribution in [1.82, 2.24) is 14.1 Å². The number of sulfonamides is 1. The van der Waals surface area contributed by atoms with Crippen molar-refractivity contribution in [1.29, 1.82) is 0 Å². The summed E-state index contributed by atoms with van der Waals surface area (Å²) in [4.78, 5) is 17.4. The number of carbonyl (C=O) groups is 1. The fraction of sp³-hybridized carbons (Fsp3) is 0.947. The number of ether oxygens (including phenoxy) is 1. The minimum absolute atomic E-state index is 0.119. The SMILES string of the molecule is COCCN1CC2(CCN(S(=O)(=O)CC(C)C)CC2)[C@]2(CCN(C)C2=O)C1. The highest BCUT2D eigenvalue weighted by atomic mass is 32.2. The topological polar surface area (TPSA) is 70.2 Å². The largest absolute Gasteiger partial charge is 0.383 e. The van der Waals surface area contributed by atoms with Gasteiger partial charge in [0.2, 0.25) is 15.9 Å². The van der Waals surface area contributed by atoms with E-state index in [1.54, 1.807) is 11.4 Å². The molecule has 0 aromatic heterocycles. The standard InChI is InChI=1S/C19H35N3O4S/c1-16(2)13-27(24,25)22-9-5-18(6-10-22)14-21(11-12-26-4)15-19(18)7-8-20(3)17(19)23/h16H,5-15H2,1-4H3/t19-/m1/s1. The Balaban J connectivity index is 1.80. The lowest BCUT2D eigenvalue weighted by molar-refractivity contribution is -0.140. The van der Waals surface area contributed by atoms with Crippen LogP contribution in [0.4, 0.5) is 0 Å². The van der Waals surface area contributed by atoms with Gasteiger partial charge in [-0.2, -0.15) is 0 Å². The Morgan fingerprint density at radius 1 is 1.11 bits per heavy atom. The fourth-order valence-corrected chi connectivity index (χ4v) is 7.28. The highest BCUT2D eigenvalue weighted by Gasteiger charge is 2.64. The quantitative estimate of drug-likeness (QED) is 0.660. The van der Waals surface area contributed by atoms with Gasteiger partial charge in [0.25, 0.3) is 0 Å². The Morgan fingerprint density at radius 3 is 2.30 bits per heavy atom. The van der Waals surface area contributed by atoms with Crippen molar-refractivity contribution < 1.29 is 17.9 Å². The van der Waals surface area contributed by atoms with Crippen LogP contribution >= 0.6 is 0 Å². The smallest absolute Gasteiger partial charge is 0.230 e. The molecule has 0 saturated carbocycles. The Bertz CT molecular complexity index is 658. The number of rotatable bonds is 6. The fourth-order valence-electron chi connectivity index (χ4n) is 5.49. The minimum Gasteiger partial charge on any atom is -0.383 e. The summed E-state index contributed by atoms with van der Waals surface area (Å²) >= 11 is 0. The predicted octanol–water partition coefficient (Wildman–Crippen LogP) is 0.865. The molecule has 1 atom stereocenters. The van der Waals surface area contributed by atoms with Crippen molar-refractivity contribution in [2.75, 3.05) is 65.8 Å². The number of amides is 1.